The quantitative estimate of drug-likeness (QED) is 0.212. The number of likely N-dealkylation sites (N-methyl/N-ethyl adjacent to an activating group) is 2. The molecule has 0 aromatic carbocycles. The van der Waals surface area contributed by atoms with Crippen molar-refractivity contribution in [2.45, 2.75) is 134 Å². The Labute approximate surface area is 299 Å². The van der Waals surface area contributed by atoms with Crippen LogP contribution in [0.2, 0.25) is 0 Å². The van der Waals surface area contributed by atoms with Crippen molar-refractivity contribution in [1.29, 1.82) is 0 Å². The van der Waals surface area contributed by atoms with Crippen LogP contribution in [-0.4, -0.2) is 154 Å². The van der Waals surface area contributed by atoms with Crippen molar-refractivity contribution in [1.82, 2.24) is 20.4 Å². The van der Waals surface area contributed by atoms with Crippen LogP contribution in [0.15, 0.2) is 0 Å². The monoisotopic (exact) mass is 714 g/mol. The van der Waals surface area contributed by atoms with E-state index >= 15 is 0 Å². The van der Waals surface area contributed by atoms with Gasteiger partial charge in [0.1, 0.15) is 18.1 Å². The molecular formula is C36H66N4O10. The van der Waals surface area contributed by atoms with Crippen LogP contribution in [0, 0.1) is 17.8 Å². The summed E-state index contributed by atoms with van der Waals surface area (Å²) in [4.78, 5) is 44.8. The number of alkyl carbamates (subject to hydrolysis) is 1. The van der Waals surface area contributed by atoms with Crippen LogP contribution < -0.4 is 10.6 Å². The van der Waals surface area contributed by atoms with Gasteiger partial charge in [-0.05, 0) is 80.1 Å². The molecule has 14 nitrogen and oxygen atoms in total. The summed E-state index contributed by atoms with van der Waals surface area (Å²) in [5.74, 6) is -3.09. The highest BCUT2D eigenvalue weighted by Crippen LogP contribution is 2.39. The summed E-state index contributed by atoms with van der Waals surface area (Å²) < 4.78 is 36.7. The molecule has 0 spiro atoms. The van der Waals surface area contributed by atoms with Gasteiger partial charge in [-0.2, -0.15) is 0 Å². The highest BCUT2D eigenvalue weighted by atomic mass is 16.7. The number of aliphatic hydroxyl groups excluding tert-OH is 1. The van der Waals surface area contributed by atoms with Crippen molar-refractivity contribution in [3.8, 4) is 0 Å². The first-order valence-corrected chi connectivity index (χ1v) is 18.3. The molecule has 50 heavy (non-hydrogen) atoms. The fraction of sp³-hybridized carbons (Fsp3) is 0.917. The predicted octanol–water partition coefficient (Wildman–Crippen LogP) is 2.20. The van der Waals surface area contributed by atoms with Crippen LogP contribution in [0.25, 0.3) is 0 Å². The lowest BCUT2D eigenvalue weighted by molar-refractivity contribution is -0.298. The van der Waals surface area contributed by atoms with Gasteiger partial charge in [-0.15, -0.1) is 0 Å². The number of rotatable bonds is 11. The predicted molar refractivity (Wildman–Crippen MR) is 188 cm³/mol. The number of ether oxygens (including phenoxy) is 6. The summed E-state index contributed by atoms with van der Waals surface area (Å²) in [5.41, 5.74) is -2.16. The summed E-state index contributed by atoms with van der Waals surface area (Å²) in [6, 6.07) is -0.997. The number of ketones is 1. The Morgan fingerprint density at radius 1 is 1.06 bits per heavy atom. The normalized spacial score (nSPS) is 40.9. The number of nitrogens with zero attached hydrogens (tertiary/aromatic N) is 2. The lowest BCUT2D eigenvalue weighted by Crippen LogP contribution is -2.61. The van der Waals surface area contributed by atoms with E-state index in [0.29, 0.717) is 51.9 Å². The van der Waals surface area contributed by atoms with Gasteiger partial charge in [0.2, 0.25) is 0 Å². The molecule has 290 valence electrons. The van der Waals surface area contributed by atoms with E-state index in [1.165, 1.54) is 6.92 Å². The van der Waals surface area contributed by atoms with Crippen molar-refractivity contribution in [3.63, 3.8) is 0 Å². The van der Waals surface area contributed by atoms with Crippen molar-refractivity contribution < 1.29 is 47.9 Å². The van der Waals surface area contributed by atoms with Crippen LogP contribution in [0.1, 0.15) is 74.1 Å². The maximum atomic E-state index is 14.3. The van der Waals surface area contributed by atoms with E-state index in [1.807, 2.05) is 53.7 Å². The number of hydrogen-bond acceptors (Lipinski definition) is 13. The standard InChI is InChI=1S/C36H66N4O10/c1-13-27-36(14-2)30(38-34(44)50-36)24(6)37-19-21(3)18-35(7,46-12)31(22(4)28(41)23(5)32(43)48-27)49-33-29(42)26(39(8)9)17-25(47-33)20-40(10)15-16-45-11/h21-27,29-31,33,37,42H,13-20H2,1-12H3,(H,38,44)/t21-,22+,23?,24-,25?,26?,27-,29?,30-,31-,33?,35-,36-/m1/s1. The first-order valence-electron chi connectivity index (χ1n) is 18.3. The zero-order valence-corrected chi connectivity index (χ0v) is 32.5. The SMILES string of the molecule is CC[C@H]1OC(=O)C(C)C(=O)[C@H](C)[C@@H](OC2OC(CN(C)CCOC)CC(N(C)C)C2O)[C@](C)(OC)C[C@@H](C)CN[C@H](C)[C@H]2NC(=O)O[C@@]21CC. The number of hydrogen-bond donors (Lipinski definition) is 3. The first kappa shape index (κ1) is 42.5. The van der Waals surface area contributed by atoms with E-state index in [1.54, 1.807) is 21.1 Å². The molecule has 3 heterocycles. The molecule has 0 saturated carbocycles. The van der Waals surface area contributed by atoms with E-state index in [4.69, 9.17) is 28.4 Å². The summed E-state index contributed by atoms with van der Waals surface area (Å²) >= 11 is 0. The number of methoxy groups -OCH3 is 2. The molecule has 3 rings (SSSR count). The summed E-state index contributed by atoms with van der Waals surface area (Å²) in [6.07, 6.45) is -2.77. The Balaban J connectivity index is 2.02. The Morgan fingerprint density at radius 2 is 1.74 bits per heavy atom. The Bertz CT molecular complexity index is 1130. The smallest absolute Gasteiger partial charge is 0.408 e. The minimum Gasteiger partial charge on any atom is -0.457 e. The Hall–Kier alpha value is -1.91. The van der Waals surface area contributed by atoms with E-state index in [9.17, 15) is 19.5 Å². The van der Waals surface area contributed by atoms with Crippen LogP contribution in [0.4, 0.5) is 4.79 Å². The van der Waals surface area contributed by atoms with Crippen LogP contribution in [0.5, 0.6) is 0 Å². The molecule has 0 aliphatic carbocycles. The van der Waals surface area contributed by atoms with Gasteiger partial charge in [-0.1, -0.05) is 27.7 Å². The van der Waals surface area contributed by atoms with E-state index < -0.39 is 65.7 Å². The average Bonchev–Trinajstić information content (AvgIpc) is 3.43. The van der Waals surface area contributed by atoms with Crippen molar-refractivity contribution in [2.75, 3.05) is 61.6 Å². The first-order chi connectivity index (χ1) is 23.5. The second kappa shape index (κ2) is 18.2. The number of fused-ring (bicyclic) bond motifs is 1. The van der Waals surface area contributed by atoms with Crippen LogP contribution in [0.3, 0.4) is 0 Å². The minimum atomic E-state index is -1.16. The number of cyclic esters (lactones) is 1. The van der Waals surface area contributed by atoms with Gasteiger partial charge >= 0.3 is 12.1 Å². The van der Waals surface area contributed by atoms with Gasteiger partial charge in [0.25, 0.3) is 0 Å². The largest absolute Gasteiger partial charge is 0.457 e. The fourth-order valence-electron chi connectivity index (χ4n) is 8.15. The number of esters is 1. The number of Topliss-reactive ketones (excluding diaryl/α,β-unsaturated/α-hetero) is 1. The van der Waals surface area contributed by atoms with Gasteiger partial charge in [0.15, 0.2) is 17.7 Å². The molecule has 3 N–H and O–H groups in total. The second-order valence-corrected chi connectivity index (χ2v) is 15.3. The summed E-state index contributed by atoms with van der Waals surface area (Å²) in [6.45, 7) is 15.4. The van der Waals surface area contributed by atoms with Crippen LogP contribution >= 0.6 is 0 Å². The Morgan fingerprint density at radius 3 is 2.32 bits per heavy atom. The Kier molecular flexibility index (Phi) is 15.5. The third kappa shape index (κ3) is 9.54. The van der Waals surface area contributed by atoms with Gasteiger partial charge in [0, 0.05) is 45.3 Å². The molecule has 3 aliphatic rings. The van der Waals surface area contributed by atoms with Gasteiger partial charge in [0.05, 0.1) is 30.5 Å². The molecule has 5 unspecified atom stereocenters. The molecule has 3 fully saturated rings. The van der Waals surface area contributed by atoms with Crippen LogP contribution in [-0.2, 0) is 38.0 Å². The number of aliphatic hydroxyl groups is 1. The molecular weight excluding hydrogens is 648 g/mol. The van der Waals surface area contributed by atoms with Crippen molar-refractivity contribution in [2.24, 2.45) is 17.8 Å². The maximum absolute atomic E-state index is 14.3. The number of nitrogens with one attached hydrogen (secondary N) is 2. The minimum absolute atomic E-state index is 0.0150. The number of amides is 1. The molecule has 14 heteroatoms. The van der Waals surface area contributed by atoms with Gasteiger partial charge in [-0.25, -0.2) is 4.79 Å². The van der Waals surface area contributed by atoms with Gasteiger partial charge < -0.3 is 54.0 Å². The highest BCUT2D eigenvalue weighted by Gasteiger charge is 2.57. The zero-order chi connectivity index (χ0) is 37.6. The maximum Gasteiger partial charge on any atom is 0.408 e. The second-order valence-electron chi connectivity index (χ2n) is 15.3. The molecule has 0 bridgehead atoms. The molecule has 3 saturated heterocycles. The molecule has 0 radical (unpaired) electrons. The number of carbonyl (C=O) groups is 3. The van der Waals surface area contributed by atoms with E-state index in [0.717, 1.165) is 0 Å². The molecule has 13 atom stereocenters. The topological polar surface area (TPSA) is 157 Å². The zero-order valence-electron chi connectivity index (χ0n) is 32.5. The molecule has 0 aromatic rings. The lowest BCUT2D eigenvalue weighted by atomic mass is 9.78. The summed E-state index contributed by atoms with van der Waals surface area (Å²) in [5, 5.41) is 18.2. The third-order valence-corrected chi connectivity index (χ3v) is 11.2. The molecule has 1 amide bonds. The third-order valence-electron chi connectivity index (χ3n) is 11.2. The lowest BCUT2D eigenvalue weighted by Gasteiger charge is -2.47. The van der Waals surface area contributed by atoms with Gasteiger partial charge in [-0.3, -0.25) is 9.59 Å². The van der Waals surface area contributed by atoms with E-state index in [-0.39, 0.29) is 29.9 Å². The summed E-state index contributed by atoms with van der Waals surface area (Å²) in [7, 11) is 9.07. The van der Waals surface area contributed by atoms with E-state index in [2.05, 4.69) is 22.5 Å². The molecule has 3 aliphatic heterocycles. The average molecular weight is 715 g/mol. The number of carbonyl (C=O) groups excluding carboxylic acids is 3. The van der Waals surface area contributed by atoms with Crippen molar-refractivity contribution in [3.05, 3.63) is 0 Å². The van der Waals surface area contributed by atoms with Crippen molar-refractivity contribution >= 4 is 17.8 Å². The molecule has 0 aromatic heterocycles. The highest BCUT2D eigenvalue weighted by molar-refractivity contribution is 6.00. The fourth-order valence-corrected chi connectivity index (χ4v) is 8.15.